The summed E-state index contributed by atoms with van der Waals surface area (Å²) >= 11 is 0. The third-order valence-electron chi connectivity index (χ3n) is 4.84. The second-order valence-corrected chi connectivity index (χ2v) is 8.45. The van der Waals surface area contributed by atoms with Gasteiger partial charge in [-0.3, -0.25) is 4.79 Å². The number of hydrogen-bond donors (Lipinski definition) is 0. The Kier molecular flexibility index (Phi) is 4.15. The summed E-state index contributed by atoms with van der Waals surface area (Å²) in [5, 5.41) is -0.256. The quantitative estimate of drug-likeness (QED) is 0.793. The Hall–Kier alpha value is -0.380. The summed E-state index contributed by atoms with van der Waals surface area (Å²) in [5.74, 6) is -0.118. The Balaban J connectivity index is 2.31. The maximum absolute atomic E-state index is 12.9. The van der Waals surface area contributed by atoms with Gasteiger partial charge in [-0.25, -0.2) is 8.42 Å². The van der Waals surface area contributed by atoms with Gasteiger partial charge in [0.05, 0.1) is 5.25 Å². The first-order chi connectivity index (χ1) is 8.51. The maximum Gasteiger partial charge on any atom is 0.165 e. The first-order valence-electron chi connectivity index (χ1n) is 7.25. The predicted octanol–water partition coefficient (Wildman–Crippen LogP) is 3.03. The van der Waals surface area contributed by atoms with Gasteiger partial charge in [-0.2, -0.15) is 0 Å². The van der Waals surface area contributed by atoms with Crippen molar-refractivity contribution in [1.82, 2.24) is 0 Å². The SMILES string of the molecule is CC(=O)C1(S(=O)(=O)C2CCCCC2)CCCCC1. The van der Waals surface area contributed by atoms with Crippen LogP contribution in [0.25, 0.3) is 0 Å². The molecule has 0 bridgehead atoms. The van der Waals surface area contributed by atoms with Crippen LogP contribution in [0.15, 0.2) is 0 Å². The summed E-state index contributed by atoms with van der Waals surface area (Å²) in [7, 11) is -3.30. The van der Waals surface area contributed by atoms with Crippen LogP contribution in [0.2, 0.25) is 0 Å². The van der Waals surface area contributed by atoms with Crippen molar-refractivity contribution in [2.45, 2.75) is 81.1 Å². The average Bonchev–Trinajstić information content (AvgIpc) is 2.40. The maximum atomic E-state index is 12.9. The molecule has 2 aliphatic carbocycles. The summed E-state index contributed by atoms with van der Waals surface area (Å²) in [6.45, 7) is 1.48. The molecule has 0 unspecified atom stereocenters. The lowest BCUT2D eigenvalue weighted by Gasteiger charge is -2.38. The van der Waals surface area contributed by atoms with E-state index in [0.29, 0.717) is 12.8 Å². The summed E-state index contributed by atoms with van der Waals surface area (Å²) in [6, 6.07) is 0. The van der Waals surface area contributed by atoms with Crippen LogP contribution in [0.3, 0.4) is 0 Å². The lowest BCUT2D eigenvalue weighted by atomic mass is 9.86. The highest BCUT2D eigenvalue weighted by atomic mass is 32.2. The molecular weight excluding hydrogens is 248 g/mol. The van der Waals surface area contributed by atoms with Crippen LogP contribution in [0.1, 0.15) is 71.1 Å². The van der Waals surface area contributed by atoms with Gasteiger partial charge in [0.1, 0.15) is 4.75 Å². The fourth-order valence-corrected chi connectivity index (χ4v) is 6.50. The van der Waals surface area contributed by atoms with Crippen molar-refractivity contribution in [2.24, 2.45) is 0 Å². The highest BCUT2D eigenvalue weighted by molar-refractivity contribution is 7.94. The van der Waals surface area contributed by atoms with Crippen LogP contribution < -0.4 is 0 Å². The number of sulfone groups is 1. The minimum absolute atomic E-state index is 0.118. The number of carbonyl (C=O) groups is 1. The van der Waals surface area contributed by atoms with Gasteiger partial charge >= 0.3 is 0 Å². The summed E-state index contributed by atoms with van der Waals surface area (Å²) in [6.07, 6.45) is 8.60. The lowest BCUT2D eigenvalue weighted by molar-refractivity contribution is -0.120. The molecule has 0 aliphatic heterocycles. The fraction of sp³-hybridized carbons (Fsp3) is 0.929. The topological polar surface area (TPSA) is 51.2 Å². The standard InChI is InChI=1S/C14H24O3S/c1-12(15)14(10-6-3-7-11-14)18(16,17)13-8-4-2-5-9-13/h13H,2-11H2,1H3. The van der Waals surface area contributed by atoms with Crippen LogP contribution in [-0.4, -0.2) is 24.2 Å². The normalized spacial score (nSPS) is 25.8. The predicted molar refractivity (Wildman–Crippen MR) is 72.3 cm³/mol. The number of hydrogen-bond acceptors (Lipinski definition) is 3. The molecule has 0 atom stereocenters. The van der Waals surface area contributed by atoms with Crippen molar-refractivity contribution < 1.29 is 13.2 Å². The summed E-state index contributed by atoms with van der Waals surface area (Å²) < 4.78 is 24.7. The first kappa shape index (κ1) is 14.0. The molecule has 2 fully saturated rings. The molecule has 0 aromatic carbocycles. The first-order valence-corrected chi connectivity index (χ1v) is 8.80. The minimum Gasteiger partial charge on any atom is -0.298 e. The molecule has 4 heteroatoms. The Morgan fingerprint density at radius 3 is 1.94 bits per heavy atom. The molecule has 0 N–H and O–H groups in total. The van der Waals surface area contributed by atoms with E-state index in [9.17, 15) is 13.2 Å². The molecule has 2 aliphatic rings. The molecule has 2 saturated carbocycles. The molecule has 0 spiro atoms. The second-order valence-electron chi connectivity index (χ2n) is 5.92. The largest absolute Gasteiger partial charge is 0.298 e. The number of rotatable bonds is 3. The van der Waals surface area contributed by atoms with Gasteiger partial charge in [0, 0.05) is 0 Å². The molecule has 2 rings (SSSR count). The molecule has 0 aromatic heterocycles. The van der Waals surface area contributed by atoms with Gasteiger partial charge in [-0.05, 0) is 32.6 Å². The van der Waals surface area contributed by atoms with E-state index in [4.69, 9.17) is 0 Å². The number of Topliss-reactive ketones (excluding diaryl/α,β-unsaturated/α-hetero) is 1. The lowest BCUT2D eigenvalue weighted by Crippen LogP contribution is -2.51. The van der Waals surface area contributed by atoms with E-state index in [1.807, 2.05) is 0 Å². The van der Waals surface area contributed by atoms with Crippen LogP contribution >= 0.6 is 0 Å². The van der Waals surface area contributed by atoms with Crippen LogP contribution in [-0.2, 0) is 14.6 Å². The fourth-order valence-electron chi connectivity index (χ4n) is 3.65. The zero-order valence-corrected chi connectivity index (χ0v) is 12.1. The van der Waals surface area contributed by atoms with Crippen LogP contribution in [0.5, 0.6) is 0 Å². The van der Waals surface area contributed by atoms with E-state index in [1.165, 1.54) is 6.92 Å². The molecule has 18 heavy (non-hydrogen) atoms. The molecule has 3 nitrogen and oxygen atoms in total. The number of carbonyl (C=O) groups excluding carboxylic acids is 1. The third kappa shape index (κ3) is 2.24. The highest BCUT2D eigenvalue weighted by Crippen LogP contribution is 2.41. The Bertz CT molecular complexity index is 399. The molecule has 0 amide bonds. The van der Waals surface area contributed by atoms with Crippen molar-refractivity contribution >= 4 is 15.6 Å². The average molecular weight is 272 g/mol. The second kappa shape index (κ2) is 5.32. The Morgan fingerprint density at radius 2 is 1.44 bits per heavy atom. The van der Waals surface area contributed by atoms with Crippen molar-refractivity contribution in [2.75, 3.05) is 0 Å². The molecule has 0 heterocycles. The van der Waals surface area contributed by atoms with Gasteiger partial charge < -0.3 is 0 Å². The molecule has 0 radical (unpaired) electrons. The monoisotopic (exact) mass is 272 g/mol. The van der Waals surface area contributed by atoms with Gasteiger partial charge in [-0.15, -0.1) is 0 Å². The van der Waals surface area contributed by atoms with Gasteiger partial charge in [0.2, 0.25) is 0 Å². The molecule has 0 aromatic rings. The zero-order valence-electron chi connectivity index (χ0n) is 11.3. The van der Waals surface area contributed by atoms with E-state index in [2.05, 4.69) is 0 Å². The molecule has 0 saturated heterocycles. The number of ketones is 1. The highest BCUT2D eigenvalue weighted by Gasteiger charge is 2.51. The third-order valence-corrected chi connectivity index (χ3v) is 7.97. The van der Waals surface area contributed by atoms with Gasteiger partial charge in [-0.1, -0.05) is 38.5 Å². The van der Waals surface area contributed by atoms with Crippen molar-refractivity contribution in [3.63, 3.8) is 0 Å². The van der Waals surface area contributed by atoms with Crippen molar-refractivity contribution in [3.8, 4) is 0 Å². The molecular formula is C14H24O3S. The Morgan fingerprint density at radius 1 is 0.944 bits per heavy atom. The van der Waals surface area contributed by atoms with E-state index in [-0.39, 0.29) is 11.0 Å². The Labute approximate surface area is 110 Å². The van der Waals surface area contributed by atoms with Gasteiger partial charge in [0.25, 0.3) is 0 Å². The van der Waals surface area contributed by atoms with E-state index in [0.717, 1.165) is 51.4 Å². The van der Waals surface area contributed by atoms with Gasteiger partial charge in [0.15, 0.2) is 15.6 Å². The van der Waals surface area contributed by atoms with Crippen molar-refractivity contribution in [3.05, 3.63) is 0 Å². The summed E-state index contributed by atoms with van der Waals surface area (Å²) in [4.78, 5) is 12.0. The summed E-state index contributed by atoms with van der Waals surface area (Å²) in [5.41, 5.74) is 0. The van der Waals surface area contributed by atoms with E-state index >= 15 is 0 Å². The van der Waals surface area contributed by atoms with Crippen LogP contribution in [0, 0.1) is 0 Å². The van der Waals surface area contributed by atoms with Crippen LogP contribution in [0.4, 0.5) is 0 Å². The van der Waals surface area contributed by atoms with Crippen molar-refractivity contribution in [1.29, 1.82) is 0 Å². The molecule has 104 valence electrons. The minimum atomic E-state index is -3.30. The smallest absolute Gasteiger partial charge is 0.165 e. The van der Waals surface area contributed by atoms with E-state index in [1.54, 1.807) is 0 Å². The van der Waals surface area contributed by atoms with E-state index < -0.39 is 14.6 Å². The zero-order chi connectivity index (χ0) is 13.2.